The highest BCUT2D eigenvalue weighted by Crippen LogP contribution is 2.29. The van der Waals surface area contributed by atoms with Gasteiger partial charge >= 0.3 is 0 Å². The number of aryl methyl sites for hydroxylation is 2. The SMILES string of the molecule is C[n+]1ccn(CCCNCCN2CCc3ccc(N)cc32)c1. The van der Waals surface area contributed by atoms with Crippen LogP contribution in [0.1, 0.15) is 12.0 Å². The standard InChI is InChI=1S/C17H26N5/c1-20-11-12-21(14-20)8-2-6-19-7-10-22-9-5-15-3-4-16(18)13-17(15)22/h3-4,11-14,19H,2,5-10,18H2,1H3/q+1. The maximum absolute atomic E-state index is 5.90. The zero-order valence-electron chi connectivity index (χ0n) is 13.3. The highest BCUT2D eigenvalue weighted by atomic mass is 15.2. The molecule has 0 saturated carbocycles. The lowest BCUT2D eigenvalue weighted by molar-refractivity contribution is -0.671. The van der Waals surface area contributed by atoms with Crippen LogP contribution in [0.15, 0.2) is 36.9 Å². The number of aromatic nitrogens is 2. The first-order chi connectivity index (χ1) is 10.7. The number of rotatable bonds is 7. The summed E-state index contributed by atoms with van der Waals surface area (Å²) in [6.07, 6.45) is 8.60. The number of anilines is 2. The van der Waals surface area contributed by atoms with Gasteiger partial charge in [0.1, 0.15) is 12.4 Å². The van der Waals surface area contributed by atoms with E-state index in [0.29, 0.717) is 0 Å². The molecular formula is C17H26N5+. The quantitative estimate of drug-likeness (QED) is 0.454. The van der Waals surface area contributed by atoms with Crippen LogP contribution in [0.4, 0.5) is 11.4 Å². The summed E-state index contributed by atoms with van der Waals surface area (Å²) < 4.78 is 4.30. The van der Waals surface area contributed by atoms with E-state index in [2.05, 4.69) is 57.3 Å². The van der Waals surface area contributed by atoms with Crippen LogP contribution >= 0.6 is 0 Å². The van der Waals surface area contributed by atoms with Crippen molar-refractivity contribution in [1.82, 2.24) is 9.88 Å². The predicted molar refractivity (Wildman–Crippen MR) is 89.9 cm³/mol. The molecule has 0 radical (unpaired) electrons. The van der Waals surface area contributed by atoms with Crippen molar-refractivity contribution in [2.45, 2.75) is 19.4 Å². The van der Waals surface area contributed by atoms with E-state index in [1.165, 1.54) is 11.3 Å². The Kier molecular flexibility index (Phi) is 4.63. The number of benzene rings is 1. The molecule has 5 nitrogen and oxygen atoms in total. The Balaban J connectivity index is 1.35. The van der Waals surface area contributed by atoms with E-state index >= 15 is 0 Å². The number of imidazole rings is 1. The minimum absolute atomic E-state index is 0.860. The molecule has 0 amide bonds. The third kappa shape index (κ3) is 3.60. The Labute approximate surface area is 132 Å². The molecule has 0 saturated heterocycles. The van der Waals surface area contributed by atoms with Crippen LogP contribution in [-0.4, -0.2) is 30.7 Å². The Morgan fingerprint density at radius 1 is 1.27 bits per heavy atom. The summed E-state index contributed by atoms with van der Waals surface area (Å²) in [5.74, 6) is 0. The molecule has 0 fully saturated rings. The molecule has 0 spiro atoms. The second-order valence-corrected chi connectivity index (χ2v) is 6.05. The molecule has 1 aromatic heterocycles. The van der Waals surface area contributed by atoms with Crippen molar-refractivity contribution in [3.8, 4) is 0 Å². The number of hydrogen-bond acceptors (Lipinski definition) is 3. The number of nitrogens with one attached hydrogen (secondary N) is 1. The van der Waals surface area contributed by atoms with Crippen molar-refractivity contribution in [2.24, 2.45) is 7.05 Å². The Morgan fingerprint density at radius 3 is 3.00 bits per heavy atom. The fourth-order valence-corrected chi connectivity index (χ4v) is 3.05. The molecule has 0 atom stereocenters. The van der Waals surface area contributed by atoms with Gasteiger partial charge in [0.2, 0.25) is 6.33 Å². The second kappa shape index (κ2) is 6.83. The minimum Gasteiger partial charge on any atom is -0.399 e. The molecule has 118 valence electrons. The van der Waals surface area contributed by atoms with Crippen LogP contribution in [0.3, 0.4) is 0 Å². The second-order valence-electron chi connectivity index (χ2n) is 6.05. The van der Waals surface area contributed by atoms with E-state index in [1.807, 2.05) is 6.07 Å². The molecule has 0 bridgehead atoms. The van der Waals surface area contributed by atoms with Crippen LogP contribution in [-0.2, 0) is 20.0 Å². The topological polar surface area (TPSA) is 50.1 Å². The smallest absolute Gasteiger partial charge is 0.243 e. The molecule has 2 aromatic rings. The number of nitrogen functional groups attached to an aromatic ring is 1. The molecule has 2 heterocycles. The lowest BCUT2D eigenvalue weighted by atomic mass is 10.1. The van der Waals surface area contributed by atoms with Gasteiger partial charge in [-0.2, -0.15) is 0 Å². The molecule has 1 aromatic carbocycles. The fourth-order valence-electron chi connectivity index (χ4n) is 3.05. The molecule has 0 aliphatic carbocycles. The van der Waals surface area contributed by atoms with E-state index < -0.39 is 0 Å². The average Bonchev–Trinajstić information content (AvgIpc) is 3.09. The van der Waals surface area contributed by atoms with Crippen LogP contribution in [0.2, 0.25) is 0 Å². The van der Waals surface area contributed by atoms with Crippen molar-refractivity contribution in [3.05, 3.63) is 42.5 Å². The molecule has 1 aliphatic heterocycles. The average molecular weight is 300 g/mol. The zero-order valence-corrected chi connectivity index (χ0v) is 13.3. The highest BCUT2D eigenvalue weighted by Gasteiger charge is 2.18. The molecule has 22 heavy (non-hydrogen) atoms. The van der Waals surface area contributed by atoms with Gasteiger partial charge in [-0.15, -0.1) is 0 Å². The van der Waals surface area contributed by atoms with Crippen molar-refractivity contribution in [2.75, 3.05) is 36.8 Å². The Bertz CT molecular complexity index is 619. The largest absolute Gasteiger partial charge is 0.399 e. The van der Waals surface area contributed by atoms with E-state index in [0.717, 1.165) is 51.3 Å². The van der Waals surface area contributed by atoms with Gasteiger partial charge in [-0.1, -0.05) is 6.07 Å². The van der Waals surface area contributed by atoms with E-state index in [1.54, 1.807) is 0 Å². The molecule has 3 N–H and O–H groups in total. The number of nitrogens with two attached hydrogens (primary N) is 1. The van der Waals surface area contributed by atoms with Crippen LogP contribution in [0.5, 0.6) is 0 Å². The molecule has 0 unspecified atom stereocenters. The third-order valence-corrected chi connectivity index (χ3v) is 4.25. The number of nitrogens with zero attached hydrogens (tertiary/aromatic N) is 3. The monoisotopic (exact) mass is 300 g/mol. The Hall–Kier alpha value is -2.01. The molecular weight excluding hydrogens is 274 g/mol. The Morgan fingerprint density at radius 2 is 2.18 bits per heavy atom. The number of hydrogen-bond donors (Lipinski definition) is 2. The maximum Gasteiger partial charge on any atom is 0.243 e. The van der Waals surface area contributed by atoms with Crippen LogP contribution in [0.25, 0.3) is 0 Å². The van der Waals surface area contributed by atoms with Gasteiger partial charge in [-0.3, -0.25) is 0 Å². The lowest BCUT2D eigenvalue weighted by Crippen LogP contribution is -2.31. The summed E-state index contributed by atoms with van der Waals surface area (Å²) in [5.41, 5.74) is 9.50. The van der Waals surface area contributed by atoms with Crippen LogP contribution < -0.4 is 20.5 Å². The lowest BCUT2D eigenvalue weighted by Gasteiger charge is -2.19. The van der Waals surface area contributed by atoms with Gasteiger partial charge in [0.15, 0.2) is 0 Å². The summed E-state index contributed by atoms with van der Waals surface area (Å²) >= 11 is 0. The van der Waals surface area contributed by atoms with Crippen LogP contribution in [0, 0.1) is 0 Å². The summed E-state index contributed by atoms with van der Waals surface area (Å²) in [5, 5.41) is 3.54. The zero-order chi connectivity index (χ0) is 15.4. The summed E-state index contributed by atoms with van der Waals surface area (Å²) in [6, 6.07) is 6.27. The number of fused-ring (bicyclic) bond motifs is 1. The molecule has 5 heteroatoms. The minimum atomic E-state index is 0.860. The van der Waals surface area contributed by atoms with E-state index in [-0.39, 0.29) is 0 Å². The first-order valence-electron chi connectivity index (χ1n) is 8.07. The highest BCUT2D eigenvalue weighted by molar-refractivity contribution is 5.64. The normalized spacial score (nSPS) is 13.6. The van der Waals surface area contributed by atoms with Gasteiger partial charge in [-0.05, 0) is 37.1 Å². The van der Waals surface area contributed by atoms with Gasteiger partial charge in [0.25, 0.3) is 0 Å². The summed E-state index contributed by atoms with van der Waals surface area (Å²) in [7, 11) is 2.05. The third-order valence-electron chi connectivity index (χ3n) is 4.25. The molecule has 3 rings (SSSR count). The van der Waals surface area contributed by atoms with Gasteiger partial charge in [0, 0.05) is 31.0 Å². The molecule has 1 aliphatic rings. The first-order valence-corrected chi connectivity index (χ1v) is 8.07. The maximum atomic E-state index is 5.90. The van der Waals surface area contributed by atoms with Gasteiger partial charge < -0.3 is 16.0 Å². The predicted octanol–water partition coefficient (Wildman–Crippen LogP) is 0.937. The van der Waals surface area contributed by atoms with E-state index in [9.17, 15) is 0 Å². The summed E-state index contributed by atoms with van der Waals surface area (Å²) in [4.78, 5) is 2.44. The van der Waals surface area contributed by atoms with Crippen molar-refractivity contribution in [1.29, 1.82) is 0 Å². The van der Waals surface area contributed by atoms with Crippen molar-refractivity contribution < 1.29 is 4.57 Å². The van der Waals surface area contributed by atoms with Gasteiger partial charge in [-0.25, -0.2) is 9.13 Å². The van der Waals surface area contributed by atoms with Gasteiger partial charge in [0.05, 0.1) is 13.6 Å². The van der Waals surface area contributed by atoms with Crippen molar-refractivity contribution >= 4 is 11.4 Å². The first kappa shape index (κ1) is 14.9. The fraction of sp³-hybridized carbons (Fsp3) is 0.471. The van der Waals surface area contributed by atoms with E-state index in [4.69, 9.17) is 5.73 Å². The van der Waals surface area contributed by atoms with Crippen molar-refractivity contribution in [3.63, 3.8) is 0 Å². The summed E-state index contributed by atoms with van der Waals surface area (Å²) in [6.45, 7) is 5.30.